The molecule has 0 saturated heterocycles. The fourth-order valence-corrected chi connectivity index (χ4v) is 4.79. The third kappa shape index (κ3) is 3.99. The molecule has 4 heterocycles. The van der Waals surface area contributed by atoms with E-state index in [1.807, 2.05) is 0 Å². The smallest absolute Gasteiger partial charge is 0.303 e. The molecule has 0 radical (unpaired) electrons. The number of aromatic nitrogens is 1. The summed E-state index contributed by atoms with van der Waals surface area (Å²) in [7, 11) is 0. The predicted octanol–water partition coefficient (Wildman–Crippen LogP) is 4.78. The lowest BCUT2D eigenvalue weighted by Crippen LogP contribution is -2.30. The number of aryl methyl sites for hydroxylation is 1. The van der Waals surface area contributed by atoms with Gasteiger partial charge in [0.1, 0.15) is 35.7 Å². The SMILES string of the molecule is CC(=O)OCc1ccc(C2C(C(=O)c3ccc(C)o3)=C(O)C(=O)N2c2nc3ccc(F)cc3s2)o1. The van der Waals surface area contributed by atoms with Gasteiger partial charge in [-0.25, -0.2) is 9.37 Å². The number of hydrogen-bond acceptors (Lipinski definition) is 9. The maximum Gasteiger partial charge on any atom is 0.303 e. The number of rotatable bonds is 6. The Labute approximate surface area is 201 Å². The van der Waals surface area contributed by atoms with E-state index in [0.29, 0.717) is 16.0 Å². The minimum atomic E-state index is -1.20. The molecule has 0 aliphatic carbocycles. The standard InChI is InChI=1S/C24H17FN2O7S/c1-11-3-7-17(33-11)21(29)19-20(16-8-5-14(34-16)10-32-12(2)28)27(23(31)22(19)30)24-26-15-6-4-13(25)9-18(15)35-24/h3-9,20,30H,10H2,1-2H3. The van der Waals surface area contributed by atoms with Crippen molar-refractivity contribution in [2.24, 2.45) is 0 Å². The third-order valence-electron chi connectivity index (χ3n) is 5.33. The molecule has 1 unspecified atom stereocenters. The quantitative estimate of drug-likeness (QED) is 0.299. The van der Waals surface area contributed by atoms with Crippen molar-refractivity contribution in [3.05, 3.63) is 82.7 Å². The molecule has 1 aromatic carbocycles. The first kappa shape index (κ1) is 22.5. The second-order valence-corrected chi connectivity index (χ2v) is 8.78. The Morgan fingerprint density at radius 1 is 1.20 bits per heavy atom. The van der Waals surface area contributed by atoms with E-state index in [1.54, 1.807) is 13.0 Å². The monoisotopic (exact) mass is 496 g/mol. The number of carbonyl (C=O) groups is 3. The first-order chi connectivity index (χ1) is 16.7. The molecule has 3 aromatic heterocycles. The van der Waals surface area contributed by atoms with Crippen molar-refractivity contribution in [3.63, 3.8) is 0 Å². The van der Waals surface area contributed by atoms with Crippen molar-refractivity contribution in [1.82, 2.24) is 4.98 Å². The molecule has 1 amide bonds. The van der Waals surface area contributed by atoms with Crippen molar-refractivity contribution in [1.29, 1.82) is 0 Å². The van der Waals surface area contributed by atoms with E-state index in [0.717, 1.165) is 16.2 Å². The normalized spacial score (nSPS) is 15.9. The molecule has 178 valence electrons. The Morgan fingerprint density at radius 2 is 2.00 bits per heavy atom. The number of thiazole rings is 1. The molecule has 1 N–H and O–H groups in total. The van der Waals surface area contributed by atoms with E-state index >= 15 is 0 Å². The Bertz CT molecular complexity index is 1530. The van der Waals surface area contributed by atoms with E-state index in [2.05, 4.69) is 4.98 Å². The highest BCUT2D eigenvalue weighted by molar-refractivity contribution is 7.22. The van der Waals surface area contributed by atoms with Crippen molar-refractivity contribution in [2.75, 3.05) is 4.90 Å². The molecule has 4 aromatic rings. The molecule has 0 saturated carbocycles. The summed E-state index contributed by atoms with van der Waals surface area (Å²) >= 11 is 1.02. The second kappa shape index (κ2) is 8.51. The molecule has 0 bridgehead atoms. The zero-order valence-corrected chi connectivity index (χ0v) is 19.2. The van der Waals surface area contributed by atoms with Gasteiger partial charge in [-0.3, -0.25) is 19.3 Å². The molecule has 35 heavy (non-hydrogen) atoms. The number of ether oxygens (including phenoxy) is 1. The Balaban J connectivity index is 1.62. The maximum atomic E-state index is 13.7. The molecule has 0 spiro atoms. The maximum absolute atomic E-state index is 13.7. The topological polar surface area (TPSA) is 123 Å². The number of furan rings is 2. The summed E-state index contributed by atoms with van der Waals surface area (Å²) in [5.41, 5.74) is 0.178. The predicted molar refractivity (Wildman–Crippen MR) is 121 cm³/mol. The molecule has 9 nitrogen and oxygen atoms in total. The second-order valence-electron chi connectivity index (χ2n) is 7.77. The lowest BCUT2D eigenvalue weighted by atomic mass is 10.00. The van der Waals surface area contributed by atoms with Gasteiger partial charge in [-0.1, -0.05) is 11.3 Å². The fraction of sp³-hybridized carbons (Fsp3) is 0.167. The first-order valence-electron chi connectivity index (χ1n) is 10.4. The van der Waals surface area contributed by atoms with Gasteiger partial charge in [0.25, 0.3) is 5.91 Å². The highest BCUT2D eigenvalue weighted by Gasteiger charge is 2.48. The third-order valence-corrected chi connectivity index (χ3v) is 6.35. The molecule has 0 fully saturated rings. The van der Waals surface area contributed by atoms with Crippen molar-refractivity contribution < 1.29 is 37.5 Å². The average molecular weight is 496 g/mol. The largest absolute Gasteiger partial charge is 0.503 e. The first-order valence-corrected chi connectivity index (χ1v) is 11.2. The number of ketones is 1. The van der Waals surface area contributed by atoms with Gasteiger partial charge < -0.3 is 18.7 Å². The Kier molecular flexibility index (Phi) is 5.48. The number of hydrogen-bond donors (Lipinski definition) is 1. The summed E-state index contributed by atoms with van der Waals surface area (Å²) in [6.45, 7) is 2.75. The van der Waals surface area contributed by atoms with Gasteiger partial charge in [0.05, 0.1) is 15.8 Å². The molecule has 1 aliphatic heterocycles. The lowest BCUT2D eigenvalue weighted by Gasteiger charge is -2.22. The van der Waals surface area contributed by atoms with Gasteiger partial charge in [0.15, 0.2) is 16.7 Å². The van der Waals surface area contributed by atoms with Crippen LogP contribution in [0.3, 0.4) is 0 Å². The van der Waals surface area contributed by atoms with Crippen LogP contribution >= 0.6 is 11.3 Å². The summed E-state index contributed by atoms with van der Waals surface area (Å²) in [4.78, 5) is 43.3. The van der Waals surface area contributed by atoms with Crippen LogP contribution < -0.4 is 4.90 Å². The number of anilines is 1. The van der Waals surface area contributed by atoms with Crippen molar-refractivity contribution in [2.45, 2.75) is 26.5 Å². The summed E-state index contributed by atoms with van der Waals surface area (Å²) in [6, 6.07) is 8.86. The summed E-state index contributed by atoms with van der Waals surface area (Å²) in [5.74, 6) is -2.55. The molecule has 1 atom stereocenters. The van der Waals surface area contributed by atoms with Crippen LogP contribution in [0.5, 0.6) is 0 Å². The highest BCUT2D eigenvalue weighted by Crippen LogP contribution is 2.44. The fourth-order valence-electron chi connectivity index (χ4n) is 3.77. The van der Waals surface area contributed by atoms with Gasteiger partial charge in [0.2, 0.25) is 5.78 Å². The number of esters is 1. The molecular formula is C24H17FN2O7S. The Morgan fingerprint density at radius 3 is 2.71 bits per heavy atom. The van der Waals surface area contributed by atoms with Gasteiger partial charge in [0, 0.05) is 6.92 Å². The van der Waals surface area contributed by atoms with Crippen LogP contribution in [0.2, 0.25) is 0 Å². The number of aliphatic hydroxyl groups is 1. The number of aliphatic hydroxyl groups excluding tert-OH is 1. The number of fused-ring (bicyclic) bond motifs is 1. The van der Waals surface area contributed by atoms with Crippen molar-refractivity contribution >= 4 is 44.3 Å². The van der Waals surface area contributed by atoms with Crippen LogP contribution in [0, 0.1) is 12.7 Å². The minimum Gasteiger partial charge on any atom is -0.503 e. The van der Waals surface area contributed by atoms with Crippen LogP contribution in [0.1, 0.15) is 40.8 Å². The number of halogens is 1. The molecule has 11 heteroatoms. The molecular weight excluding hydrogens is 479 g/mol. The summed E-state index contributed by atoms with van der Waals surface area (Å²) in [6.07, 6.45) is 0. The zero-order chi connectivity index (χ0) is 24.9. The van der Waals surface area contributed by atoms with Crippen LogP contribution in [0.25, 0.3) is 10.2 Å². The molecule has 1 aliphatic rings. The van der Waals surface area contributed by atoms with E-state index in [9.17, 15) is 23.9 Å². The molecule has 5 rings (SSSR count). The van der Waals surface area contributed by atoms with E-state index in [1.165, 1.54) is 43.3 Å². The van der Waals surface area contributed by atoms with Crippen LogP contribution in [0.4, 0.5) is 9.52 Å². The van der Waals surface area contributed by atoms with Crippen LogP contribution in [-0.4, -0.2) is 27.8 Å². The van der Waals surface area contributed by atoms with E-state index < -0.39 is 35.3 Å². The summed E-state index contributed by atoms with van der Waals surface area (Å²) < 4.78 is 30.4. The number of nitrogens with zero attached hydrogens (tertiary/aromatic N) is 2. The van der Waals surface area contributed by atoms with Gasteiger partial charge in [-0.2, -0.15) is 0 Å². The number of amides is 1. The minimum absolute atomic E-state index is 0.0678. The van der Waals surface area contributed by atoms with Gasteiger partial charge in [-0.15, -0.1) is 0 Å². The van der Waals surface area contributed by atoms with Crippen molar-refractivity contribution in [3.8, 4) is 0 Å². The highest BCUT2D eigenvalue weighted by atomic mass is 32.1. The van der Waals surface area contributed by atoms with Crippen LogP contribution in [-0.2, 0) is 20.9 Å². The lowest BCUT2D eigenvalue weighted by molar-refractivity contribution is -0.142. The van der Waals surface area contributed by atoms with E-state index in [-0.39, 0.29) is 34.6 Å². The number of benzene rings is 1. The Hall–Kier alpha value is -4.25. The number of carbonyl (C=O) groups excluding carboxylic acids is 3. The van der Waals surface area contributed by atoms with Gasteiger partial charge >= 0.3 is 5.97 Å². The van der Waals surface area contributed by atoms with E-state index in [4.69, 9.17) is 13.6 Å². The average Bonchev–Trinajstić information content (AvgIpc) is 3.58. The van der Waals surface area contributed by atoms with Crippen LogP contribution in [0.15, 0.2) is 62.6 Å². The summed E-state index contributed by atoms with van der Waals surface area (Å²) in [5, 5.41) is 10.9. The van der Waals surface area contributed by atoms with Gasteiger partial charge in [-0.05, 0) is 49.4 Å². The number of Topliss-reactive ketones (excluding diaryl/α,β-unsaturated/α-hetero) is 1. The zero-order valence-electron chi connectivity index (χ0n) is 18.4.